The van der Waals surface area contributed by atoms with E-state index in [4.69, 9.17) is 9.15 Å². The summed E-state index contributed by atoms with van der Waals surface area (Å²) in [5.74, 6) is 1.48. The lowest BCUT2D eigenvalue weighted by molar-refractivity contribution is 0.314. The second-order valence-corrected chi connectivity index (χ2v) is 4.67. The Morgan fingerprint density at radius 2 is 2.05 bits per heavy atom. The van der Waals surface area contributed by atoms with E-state index in [9.17, 15) is 0 Å². The zero-order chi connectivity index (χ0) is 14.9. The van der Waals surface area contributed by atoms with E-state index in [-0.39, 0.29) is 6.04 Å². The summed E-state index contributed by atoms with van der Waals surface area (Å²) in [6.45, 7) is 6.27. The van der Waals surface area contributed by atoms with Gasteiger partial charge in [0.1, 0.15) is 5.75 Å². The molecule has 0 bridgehead atoms. The Bertz CT molecular complexity index is 515. The summed E-state index contributed by atoms with van der Waals surface area (Å²) in [6.07, 6.45) is 0.857. The van der Waals surface area contributed by atoms with Crippen LogP contribution in [0.4, 0.5) is 6.01 Å². The zero-order valence-electron chi connectivity index (χ0n) is 12.5. The molecule has 0 aliphatic heterocycles. The minimum atomic E-state index is 0.0689. The van der Waals surface area contributed by atoms with Crippen molar-refractivity contribution in [2.45, 2.75) is 26.3 Å². The number of hydrogen-bond donors (Lipinski definition) is 2. The summed E-state index contributed by atoms with van der Waals surface area (Å²) >= 11 is 0. The van der Waals surface area contributed by atoms with E-state index >= 15 is 0 Å². The van der Waals surface area contributed by atoms with Crippen molar-refractivity contribution >= 4 is 6.01 Å². The Morgan fingerprint density at radius 3 is 2.81 bits per heavy atom. The second kappa shape index (κ2) is 8.26. The lowest BCUT2D eigenvalue weighted by Gasteiger charge is -2.06. The SMILES string of the molecule is CCNC(C)c1nnc(NCCCOc2ccccc2)o1. The van der Waals surface area contributed by atoms with Gasteiger partial charge in [0.2, 0.25) is 5.89 Å². The molecular weight excluding hydrogens is 268 g/mol. The number of hydrogen-bond acceptors (Lipinski definition) is 6. The Balaban J connectivity index is 1.65. The molecular formula is C15H22N4O2. The second-order valence-electron chi connectivity index (χ2n) is 4.67. The molecule has 0 spiro atoms. The van der Waals surface area contributed by atoms with E-state index in [1.54, 1.807) is 0 Å². The van der Waals surface area contributed by atoms with E-state index in [2.05, 4.69) is 20.8 Å². The molecule has 0 amide bonds. The fraction of sp³-hybridized carbons (Fsp3) is 0.467. The van der Waals surface area contributed by atoms with Crippen LogP contribution < -0.4 is 15.4 Å². The number of ether oxygens (including phenoxy) is 1. The lowest BCUT2D eigenvalue weighted by Crippen LogP contribution is -2.17. The predicted octanol–water partition coefficient (Wildman–Crippen LogP) is 2.62. The summed E-state index contributed by atoms with van der Waals surface area (Å²) in [5, 5.41) is 14.3. The molecule has 0 saturated carbocycles. The average Bonchev–Trinajstić information content (AvgIpc) is 2.97. The van der Waals surface area contributed by atoms with E-state index in [1.807, 2.05) is 44.2 Å². The summed E-state index contributed by atoms with van der Waals surface area (Å²) < 4.78 is 11.1. The van der Waals surface area contributed by atoms with Crippen molar-refractivity contribution in [1.82, 2.24) is 15.5 Å². The highest BCUT2D eigenvalue weighted by Gasteiger charge is 2.12. The van der Waals surface area contributed by atoms with Crippen LogP contribution in [-0.2, 0) is 0 Å². The molecule has 2 aromatic rings. The number of rotatable bonds is 9. The Kier molecular flexibility index (Phi) is 6.02. The van der Waals surface area contributed by atoms with Crippen molar-refractivity contribution in [3.8, 4) is 5.75 Å². The topological polar surface area (TPSA) is 72.2 Å². The van der Waals surface area contributed by atoms with Gasteiger partial charge in [-0.15, -0.1) is 5.10 Å². The maximum atomic E-state index is 5.60. The third-order valence-electron chi connectivity index (χ3n) is 2.93. The molecule has 114 valence electrons. The lowest BCUT2D eigenvalue weighted by atomic mass is 10.3. The number of nitrogens with one attached hydrogen (secondary N) is 2. The Morgan fingerprint density at radius 1 is 1.24 bits per heavy atom. The van der Waals surface area contributed by atoms with Gasteiger partial charge in [0.25, 0.3) is 0 Å². The smallest absolute Gasteiger partial charge is 0.315 e. The molecule has 1 unspecified atom stereocenters. The summed E-state index contributed by atoms with van der Waals surface area (Å²) in [5.41, 5.74) is 0. The van der Waals surface area contributed by atoms with E-state index in [1.165, 1.54) is 0 Å². The van der Waals surface area contributed by atoms with Gasteiger partial charge in [-0.05, 0) is 32.0 Å². The molecule has 6 heteroatoms. The summed E-state index contributed by atoms with van der Waals surface area (Å²) in [7, 11) is 0. The van der Waals surface area contributed by atoms with Crippen LogP contribution in [-0.4, -0.2) is 29.9 Å². The molecule has 21 heavy (non-hydrogen) atoms. The number of benzene rings is 1. The monoisotopic (exact) mass is 290 g/mol. The van der Waals surface area contributed by atoms with Gasteiger partial charge in [-0.1, -0.05) is 30.2 Å². The minimum Gasteiger partial charge on any atom is -0.494 e. The summed E-state index contributed by atoms with van der Waals surface area (Å²) in [4.78, 5) is 0. The van der Waals surface area contributed by atoms with Crippen LogP contribution in [0.3, 0.4) is 0 Å². The number of aromatic nitrogens is 2. The first-order valence-electron chi connectivity index (χ1n) is 7.28. The quantitative estimate of drug-likeness (QED) is 0.692. The van der Waals surface area contributed by atoms with E-state index in [0.717, 1.165) is 25.3 Å². The van der Waals surface area contributed by atoms with Gasteiger partial charge in [0, 0.05) is 6.54 Å². The molecule has 0 radical (unpaired) electrons. The predicted molar refractivity (Wildman–Crippen MR) is 81.4 cm³/mol. The number of nitrogens with zero attached hydrogens (tertiary/aromatic N) is 2. The fourth-order valence-electron chi connectivity index (χ4n) is 1.85. The molecule has 6 nitrogen and oxygen atoms in total. The van der Waals surface area contributed by atoms with E-state index in [0.29, 0.717) is 18.5 Å². The van der Waals surface area contributed by atoms with Crippen LogP contribution >= 0.6 is 0 Å². The number of para-hydroxylation sites is 1. The Hall–Kier alpha value is -2.08. The van der Waals surface area contributed by atoms with Gasteiger partial charge in [-0.25, -0.2) is 0 Å². The molecule has 0 fully saturated rings. The van der Waals surface area contributed by atoms with Crippen LogP contribution in [0.5, 0.6) is 5.75 Å². The molecule has 2 N–H and O–H groups in total. The van der Waals surface area contributed by atoms with Crippen molar-refractivity contribution < 1.29 is 9.15 Å². The number of anilines is 1. The van der Waals surface area contributed by atoms with Crippen LogP contribution in [0, 0.1) is 0 Å². The minimum absolute atomic E-state index is 0.0689. The van der Waals surface area contributed by atoms with Crippen LogP contribution in [0.25, 0.3) is 0 Å². The standard InChI is InChI=1S/C15H22N4O2/c1-3-16-12(2)14-18-19-15(21-14)17-10-7-11-20-13-8-5-4-6-9-13/h4-6,8-9,12,16H,3,7,10-11H2,1-2H3,(H,17,19). The van der Waals surface area contributed by atoms with Crippen molar-refractivity contribution in [3.63, 3.8) is 0 Å². The third kappa shape index (κ3) is 5.07. The van der Waals surface area contributed by atoms with Gasteiger partial charge in [-0.3, -0.25) is 0 Å². The van der Waals surface area contributed by atoms with Crippen molar-refractivity contribution in [1.29, 1.82) is 0 Å². The Labute approximate surface area is 124 Å². The normalized spacial score (nSPS) is 12.1. The van der Waals surface area contributed by atoms with Crippen molar-refractivity contribution in [3.05, 3.63) is 36.2 Å². The molecule has 0 aliphatic rings. The molecule has 1 atom stereocenters. The fourth-order valence-corrected chi connectivity index (χ4v) is 1.85. The van der Waals surface area contributed by atoms with Gasteiger partial charge in [0.15, 0.2) is 0 Å². The maximum absolute atomic E-state index is 5.60. The van der Waals surface area contributed by atoms with Gasteiger partial charge in [-0.2, -0.15) is 0 Å². The highest BCUT2D eigenvalue weighted by atomic mass is 16.5. The average molecular weight is 290 g/mol. The van der Waals surface area contributed by atoms with Crippen LogP contribution in [0.2, 0.25) is 0 Å². The first kappa shape index (κ1) is 15.3. The largest absolute Gasteiger partial charge is 0.494 e. The summed E-state index contributed by atoms with van der Waals surface area (Å²) in [6, 6.07) is 10.3. The molecule has 1 aromatic heterocycles. The first-order chi connectivity index (χ1) is 10.3. The molecule has 0 saturated heterocycles. The van der Waals surface area contributed by atoms with Crippen LogP contribution in [0.15, 0.2) is 34.7 Å². The van der Waals surface area contributed by atoms with Gasteiger partial charge >= 0.3 is 6.01 Å². The van der Waals surface area contributed by atoms with Crippen molar-refractivity contribution in [2.75, 3.05) is 25.0 Å². The van der Waals surface area contributed by atoms with Crippen LogP contribution in [0.1, 0.15) is 32.2 Å². The van der Waals surface area contributed by atoms with Gasteiger partial charge < -0.3 is 19.8 Å². The zero-order valence-corrected chi connectivity index (χ0v) is 12.5. The maximum Gasteiger partial charge on any atom is 0.315 e. The highest BCUT2D eigenvalue weighted by Crippen LogP contribution is 2.13. The molecule has 0 aliphatic carbocycles. The highest BCUT2D eigenvalue weighted by molar-refractivity contribution is 5.21. The first-order valence-corrected chi connectivity index (χ1v) is 7.28. The van der Waals surface area contributed by atoms with Gasteiger partial charge in [0.05, 0.1) is 12.6 Å². The molecule has 1 heterocycles. The van der Waals surface area contributed by atoms with Crippen molar-refractivity contribution in [2.24, 2.45) is 0 Å². The molecule has 1 aromatic carbocycles. The third-order valence-corrected chi connectivity index (χ3v) is 2.93. The van der Waals surface area contributed by atoms with E-state index < -0.39 is 0 Å². The molecule has 2 rings (SSSR count).